The van der Waals surface area contributed by atoms with Crippen LogP contribution >= 0.6 is 0 Å². The van der Waals surface area contributed by atoms with Crippen molar-refractivity contribution in [3.63, 3.8) is 0 Å². The van der Waals surface area contributed by atoms with Gasteiger partial charge in [-0.2, -0.15) is 18.3 Å². The van der Waals surface area contributed by atoms with E-state index in [1.807, 2.05) is 0 Å². The molecule has 3 rings (SSSR count). The van der Waals surface area contributed by atoms with E-state index in [0.29, 0.717) is 12.8 Å². The normalized spacial score (nSPS) is 17.0. The highest BCUT2D eigenvalue weighted by molar-refractivity contribution is 5.99. The van der Waals surface area contributed by atoms with Crippen LogP contribution in [0, 0.1) is 12.8 Å². The van der Waals surface area contributed by atoms with E-state index in [-0.39, 0.29) is 11.2 Å². The lowest BCUT2D eigenvalue weighted by molar-refractivity contribution is -0.158. The van der Waals surface area contributed by atoms with Crippen molar-refractivity contribution in [3.8, 4) is 0 Å². The zero-order chi connectivity index (χ0) is 15.2. The Morgan fingerprint density at radius 2 is 2.19 bits per heavy atom. The molecule has 0 radical (unpaired) electrons. The molecule has 0 saturated heterocycles. The van der Waals surface area contributed by atoms with Crippen molar-refractivity contribution in [1.82, 2.24) is 19.9 Å². The van der Waals surface area contributed by atoms with Gasteiger partial charge in [-0.25, -0.2) is 9.50 Å². The minimum atomic E-state index is -4.44. The summed E-state index contributed by atoms with van der Waals surface area (Å²) >= 11 is 0. The van der Waals surface area contributed by atoms with Gasteiger partial charge >= 0.3 is 6.18 Å². The van der Waals surface area contributed by atoms with Crippen molar-refractivity contribution in [3.05, 3.63) is 29.7 Å². The molecule has 1 N–H and O–H groups in total. The summed E-state index contributed by atoms with van der Waals surface area (Å²) in [6, 6.07) is -0.102. The number of hydrogen-bond acceptors (Lipinski definition) is 3. The molecule has 8 heteroatoms. The second kappa shape index (κ2) is 4.71. The molecular formula is C13H13F3N4O. The molecule has 2 aromatic rings. The third-order valence-electron chi connectivity index (χ3n) is 3.57. The van der Waals surface area contributed by atoms with Gasteiger partial charge in [0.2, 0.25) is 0 Å². The van der Waals surface area contributed by atoms with Crippen molar-refractivity contribution < 1.29 is 18.0 Å². The first-order valence-corrected chi connectivity index (χ1v) is 6.55. The lowest BCUT2D eigenvalue weighted by Crippen LogP contribution is -2.46. The molecule has 0 aliphatic heterocycles. The summed E-state index contributed by atoms with van der Waals surface area (Å²) in [7, 11) is 0. The third-order valence-corrected chi connectivity index (χ3v) is 3.57. The zero-order valence-corrected chi connectivity index (χ0v) is 11.2. The third kappa shape index (κ3) is 2.57. The average molecular weight is 298 g/mol. The Morgan fingerprint density at radius 1 is 1.48 bits per heavy atom. The second-order valence-electron chi connectivity index (χ2n) is 5.21. The average Bonchev–Trinajstić information content (AvgIpc) is 3.13. The Kier molecular flexibility index (Phi) is 3.11. The molecule has 1 aliphatic rings. The van der Waals surface area contributed by atoms with Gasteiger partial charge in [-0.05, 0) is 31.7 Å². The molecule has 0 bridgehead atoms. The molecule has 1 amide bonds. The van der Waals surface area contributed by atoms with Crippen LogP contribution in [-0.2, 0) is 0 Å². The molecule has 5 nitrogen and oxygen atoms in total. The molecule has 1 fully saturated rings. The number of aromatic nitrogens is 3. The summed E-state index contributed by atoms with van der Waals surface area (Å²) in [5, 5.41) is 6.06. The zero-order valence-electron chi connectivity index (χ0n) is 11.2. The summed E-state index contributed by atoms with van der Waals surface area (Å²) in [5.41, 5.74) is 1.05. The Balaban J connectivity index is 1.88. The maximum absolute atomic E-state index is 12.9. The van der Waals surface area contributed by atoms with E-state index in [1.54, 1.807) is 13.0 Å². The van der Waals surface area contributed by atoms with Crippen molar-refractivity contribution in [2.45, 2.75) is 32.0 Å². The van der Waals surface area contributed by atoms with Crippen LogP contribution in [0.15, 0.2) is 18.5 Å². The van der Waals surface area contributed by atoms with Crippen LogP contribution in [0.25, 0.3) is 5.65 Å². The molecule has 1 aliphatic carbocycles. The highest BCUT2D eigenvalue weighted by Crippen LogP contribution is 2.40. The van der Waals surface area contributed by atoms with Crippen molar-refractivity contribution in [2.75, 3.05) is 0 Å². The summed E-state index contributed by atoms with van der Waals surface area (Å²) in [6.45, 7) is 1.77. The van der Waals surface area contributed by atoms with E-state index in [2.05, 4.69) is 15.4 Å². The Hall–Kier alpha value is -2.12. The van der Waals surface area contributed by atoms with Crippen LogP contribution < -0.4 is 5.32 Å². The lowest BCUT2D eigenvalue weighted by Gasteiger charge is -2.20. The molecule has 2 aromatic heterocycles. The van der Waals surface area contributed by atoms with E-state index < -0.39 is 24.0 Å². The van der Waals surface area contributed by atoms with E-state index in [1.165, 1.54) is 16.9 Å². The maximum atomic E-state index is 12.9. The van der Waals surface area contributed by atoms with Gasteiger partial charge in [0.15, 0.2) is 5.65 Å². The predicted molar refractivity (Wildman–Crippen MR) is 67.8 cm³/mol. The summed E-state index contributed by atoms with van der Waals surface area (Å²) in [6.07, 6.45) is -0.744. The number of rotatable bonds is 3. The minimum Gasteiger partial charge on any atom is -0.340 e. The fraction of sp³-hybridized carbons (Fsp3) is 0.462. The summed E-state index contributed by atoms with van der Waals surface area (Å²) in [5.74, 6) is -1.32. The van der Waals surface area contributed by atoms with Crippen LogP contribution in [0.4, 0.5) is 13.2 Å². The van der Waals surface area contributed by atoms with E-state index in [4.69, 9.17) is 0 Å². The first-order chi connectivity index (χ1) is 9.88. The quantitative estimate of drug-likeness (QED) is 0.944. The number of alkyl halides is 3. The molecule has 1 atom stereocenters. The van der Waals surface area contributed by atoms with Crippen LogP contribution in [-0.4, -0.2) is 32.7 Å². The molecule has 21 heavy (non-hydrogen) atoms. The topological polar surface area (TPSA) is 59.3 Å². The monoisotopic (exact) mass is 298 g/mol. The maximum Gasteiger partial charge on any atom is 0.408 e. The SMILES string of the molecule is Cc1ccnc2c(C(=O)NC(C3CC3)C(F)(F)F)cnn12. The van der Waals surface area contributed by atoms with Gasteiger partial charge in [-0.3, -0.25) is 4.79 Å². The number of hydrogen-bond donors (Lipinski definition) is 1. The van der Waals surface area contributed by atoms with Crippen LogP contribution in [0.2, 0.25) is 0 Å². The van der Waals surface area contributed by atoms with Crippen LogP contribution in [0.1, 0.15) is 28.9 Å². The first-order valence-electron chi connectivity index (χ1n) is 6.55. The number of aryl methyl sites for hydroxylation is 1. The smallest absolute Gasteiger partial charge is 0.340 e. The van der Waals surface area contributed by atoms with Gasteiger partial charge < -0.3 is 5.32 Å². The number of carbonyl (C=O) groups is 1. The largest absolute Gasteiger partial charge is 0.408 e. The highest BCUT2D eigenvalue weighted by atomic mass is 19.4. The van der Waals surface area contributed by atoms with Gasteiger partial charge in [0.1, 0.15) is 11.6 Å². The van der Waals surface area contributed by atoms with E-state index >= 15 is 0 Å². The lowest BCUT2D eigenvalue weighted by atomic mass is 10.1. The summed E-state index contributed by atoms with van der Waals surface area (Å²) in [4.78, 5) is 16.1. The van der Waals surface area contributed by atoms with Gasteiger partial charge in [-0.1, -0.05) is 0 Å². The highest BCUT2D eigenvalue weighted by Gasteiger charge is 2.49. The van der Waals surface area contributed by atoms with Crippen molar-refractivity contribution in [1.29, 1.82) is 0 Å². The molecular weight excluding hydrogens is 285 g/mol. The van der Waals surface area contributed by atoms with Crippen molar-refractivity contribution in [2.24, 2.45) is 5.92 Å². The van der Waals surface area contributed by atoms with Gasteiger partial charge in [-0.15, -0.1) is 0 Å². The standard InChI is InChI=1S/C13H13F3N4O/c1-7-4-5-17-11-9(6-18-20(7)11)12(21)19-10(8-2-3-8)13(14,15)16/h4-6,8,10H,2-3H2,1H3,(H,19,21). The number of fused-ring (bicyclic) bond motifs is 1. The molecule has 1 saturated carbocycles. The Labute approximate surface area is 118 Å². The Morgan fingerprint density at radius 3 is 2.81 bits per heavy atom. The van der Waals surface area contributed by atoms with Crippen LogP contribution in [0.3, 0.4) is 0 Å². The predicted octanol–water partition coefficient (Wildman–Crippen LogP) is 2.11. The number of nitrogens with one attached hydrogen (secondary N) is 1. The van der Waals surface area contributed by atoms with Crippen LogP contribution in [0.5, 0.6) is 0 Å². The summed E-state index contributed by atoms with van der Waals surface area (Å²) < 4.78 is 40.2. The second-order valence-corrected chi connectivity index (χ2v) is 5.21. The van der Waals surface area contributed by atoms with Crippen molar-refractivity contribution >= 4 is 11.6 Å². The molecule has 0 spiro atoms. The van der Waals surface area contributed by atoms with Gasteiger partial charge in [0.25, 0.3) is 5.91 Å². The molecule has 0 aromatic carbocycles. The molecule has 1 unspecified atom stereocenters. The fourth-order valence-electron chi connectivity index (χ4n) is 2.29. The number of amides is 1. The Bertz CT molecular complexity index is 690. The number of halogens is 3. The fourth-order valence-corrected chi connectivity index (χ4v) is 2.29. The van der Waals surface area contributed by atoms with E-state index in [9.17, 15) is 18.0 Å². The molecule has 2 heterocycles. The number of nitrogens with zero attached hydrogens (tertiary/aromatic N) is 3. The molecule has 112 valence electrons. The first kappa shape index (κ1) is 13.8. The van der Waals surface area contributed by atoms with Gasteiger partial charge in [0.05, 0.1) is 6.20 Å². The van der Waals surface area contributed by atoms with Gasteiger partial charge in [0, 0.05) is 11.9 Å². The minimum absolute atomic E-state index is 0.0496. The van der Waals surface area contributed by atoms with E-state index in [0.717, 1.165) is 5.69 Å². The number of carbonyl (C=O) groups excluding carboxylic acids is 1.